The third kappa shape index (κ3) is 3.66. The van der Waals surface area contributed by atoms with Gasteiger partial charge in [-0.3, -0.25) is 4.79 Å². The first-order valence-electron chi connectivity index (χ1n) is 7.44. The number of anilines is 1. The predicted molar refractivity (Wildman–Crippen MR) is 86.0 cm³/mol. The van der Waals surface area contributed by atoms with Crippen molar-refractivity contribution in [2.75, 3.05) is 12.3 Å². The van der Waals surface area contributed by atoms with Gasteiger partial charge < -0.3 is 15.2 Å². The number of aryl methyl sites for hydroxylation is 1. The molecule has 2 N–H and O–H groups in total. The van der Waals surface area contributed by atoms with Crippen LogP contribution in [0.25, 0.3) is 0 Å². The second-order valence-electron chi connectivity index (χ2n) is 5.16. The topological polar surface area (TPSA) is 51.3 Å². The Labute approximate surface area is 126 Å². The van der Waals surface area contributed by atoms with E-state index in [1.54, 1.807) is 6.07 Å². The number of nitrogens with two attached hydrogens (primary N) is 1. The minimum Gasteiger partial charge on any atom is -0.397 e. The third-order valence-electron chi connectivity index (χ3n) is 3.49. The summed E-state index contributed by atoms with van der Waals surface area (Å²) in [6.45, 7) is 6.18. The largest absolute Gasteiger partial charge is 0.397 e. The van der Waals surface area contributed by atoms with E-state index >= 15 is 0 Å². The first kappa shape index (κ1) is 15.2. The SMILES string of the molecule is CCCn1cc(N)cc1C(=O)N(CC)Cc1ccccc1. The molecule has 0 atom stereocenters. The highest BCUT2D eigenvalue weighted by Gasteiger charge is 2.18. The van der Waals surface area contributed by atoms with Crippen molar-refractivity contribution in [3.8, 4) is 0 Å². The molecule has 1 amide bonds. The Morgan fingerprint density at radius 3 is 2.57 bits per heavy atom. The van der Waals surface area contributed by atoms with Gasteiger partial charge in [-0.25, -0.2) is 0 Å². The Hall–Kier alpha value is -2.23. The molecule has 1 heterocycles. The van der Waals surface area contributed by atoms with Gasteiger partial charge in [0.1, 0.15) is 5.69 Å². The number of rotatable bonds is 6. The molecule has 0 unspecified atom stereocenters. The van der Waals surface area contributed by atoms with Gasteiger partial charge in [-0.2, -0.15) is 0 Å². The molecule has 2 rings (SSSR count). The zero-order chi connectivity index (χ0) is 15.2. The molecule has 0 aliphatic rings. The van der Waals surface area contributed by atoms with Gasteiger partial charge in [-0.15, -0.1) is 0 Å². The lowest BCUT2D eigenvalue weighted by atomic mass is 10.2. The first-order valence-corrected chi connectivity index (χ1v) is 7.44. The van der Waals surface area contributed by atoms with E-state index in [2.05, 4.69) is 6.92 Å². The second kappa shape index (κ2) is 6.97. The summed E-state index contributed by atoms with van der Waals surface area (Å²) in [7, 11) is 0. The molecule has 1 aromatic carbocycles. The van der Waals surface area contributed by atoms with Crippen molar-refractivity contribution in [2.45, 2.75) is 33.4 Å². The molecule has 4 heteroatoms. The van der Waals surface area contributed by atoms with E-state index < -0.39 is 0 Å². The van der Waals surface area contributed by atoms with Gasteiger partial charge in [-0.1, -0.05) is 37.3 Å². The van der Waals surface area contributed by atoms with Crippen LogP contribution in [0.5, 0.6) is 0 Å². The van der Waals surface area contributed by atoms with Crippen LogP contribution in [0, 0.1) is 0 Å². The summed E-state index contributed by atoms with van der Waals surface area (Å²) in [5.74, 6) is 0.0338. The van der Waals surface area contributed by atoms with E-state index in [0.717, 1.165) is 18.5 Å². The molecule has 2 aromatic rings. The van der Waals surface area contributed by atoms with Crippen LogP contribution in [0.2, 0.25) is 0 Å². The quantitative estimate of drug-likeness (QED) is 0.886. The summed E-state index contributed by atoms with van der Waals surface area (Å²) in [6.07, 6.45) is 2.81. The molecular formula is C17H23N3O. The number of nitrogen functional groups attached to an aromatic ring is 1. The second-order valence-corrected chi connectivity index (χ2v) is 5.16. The normalized spacial score (nSPS) is 10.6. The summed E-state index contributed by atoms with van der Waals surface area (Å²) >= 11 is 0. The summed E-state index contributed by atoms with van der Waals surface area (Å²) in [6, 6.07) is 11.8. The Morgan fingerprint density at radius 1 is 1.24 bits per heavy atom. The molecule has 0 saturated heterocycles. The molecular weight excluding hydrogens is 262 g/mol. The van der Waals surface area contributed by atoms with Gasteiger partial charge in [0, 0.05) is 25.8 Å². The number of amides is 1. The van der Waals surface area contributed by atoms with Crippen molar-refractivity contribution >= 4 is 11.6 Å². The van der Waals surface area contributed by atoms with Crippen molar-refractivity contribution in [1.82, 2.24) is 9.47 Å². The van der Waals surface area contributed by atoms with Gasteiger partial charge in [0.15, 0.2) is 0 Å². The minimum atomic E-state index is 0.0338. The lowest BCUT2D eigenvalue weighted by Gasteiger charge is -2.21. The van der Waals surface area contributed by atoms with Crippen LogP contribution in [0.3, 0.4) is 0 Å². The van der Waals surface area contributed by atoms with E-state index in [-0.39, 0.29) is 5.91 Å². The van der Waals surface area contributed by atoms with Gasteiger partial charge in [0.25, 0.3) is 5.91 Å². The molecule has 0 fully saturated rings. The van der Waals surface area contributed by atoms with Crippen molar-refractivity contribution in [3.05, 3.63) is 53.9 Å². The standard InChI is InChI=1S/C17H23N3O/c1-3-10-20-13-15(18)11-16(20)17(21)19(4-2)12-14-8-6-5-7-9-14/h5-9,11,13H,3-4,10,12,18H2,1-2H3. The van der Waals surface area contributed by atoms with Gasteiger partial charge >= 0.3 is 0 Å². The van der Waals surface area contributed by atoms with Gasteiger partial charge in [0.05, 0.1) is 5.69 Å². The van der Waals surface area contributed by atoms with E-state index in [4.69, 9.17) is 5.73 Å². The highest BCUT2D eigenvalue weighted by Crippen LogP contribution is 2.15. The fraction of sp³-hybridized carbons (Fsp3) is 0.353. The number of hydrogen-bond acceptors (Lipinski definition) is 2. The van der Waals surface area contributed by atoms with Crippen molar-refractivity contribution in [1.29, 1.82) is 0 Å². The summed E-state index contributed by atoms with van der Waals surface area (Å²) in [5.41, 5.74) is 8.30. The van der Waals surface area contributed by atoms with Crippen LogP contribution < -0.4 is 5.73 Å². The Bertz CT molecular complexity index is 589. The Balaban J connectivity index is 2.20. The molecule has 112 valence electrons. The Kier molecular flexibility index (Phi) is 5.04. The van der Waals surface area contributed by atoms with Crippen molar-refractivity contribution in [3.63, 3.8) is 0 Å². The zero-order valence-corrected chi connectivity index (χ0v) is 12.7. The molecule has 0 aliphatic carbocycles. The van der Waals surface area contributed by atoms with Gasteiger partial charge in [0.2, 0.25) is 0 Å². The smallest absolute Gasteiger partial charge is 0.270 e. The minimum absolute atomic E-state index is 0.0338. The van der Waals surface area contributed by atoms with Crippen LogP contribution in [0.1, 0.15) is 36.3 Å². The van der Waals surface area contributed by atoms with E-state index in [1.807, 2.05) is 52.9 Å². The molecule has 4 nitrogen and oxygen atoms in total. The summed E-state index contributed by atoms with van der Waals surface area (Å²) in [4.78, 5) is 14.6. The van der Waals surface area contributed by atoms with Gasteiger partial charge in [-0.05, 0) is 25.0 Å². The molecule has 0 spiro atoms. The predicted octanol–water partition coefficient (Wildman–Crippen LogP) is 3.14. The number of benzene rings is 1. The third-order valence-corrected chi connectivity index (χ3v) is 3.49. The lowest BCUT2D eigenvalue weighted by molar-refractivity contribution is 0.0741. The number of carbonyl (C=O) groups is 1. The molecule has 0 aliphatic heterocycles. The van der Waals surface area contributed by atoms with Crippen LogP contribution in [-0.2, 0) is 13.1 Å². The highest BCUT2D eigenvalue weighted by molar-refractivity contribution is 5.93. The highest BCUT2D eigenvalue weighted by atomic mass is 16.2. The van der Waals surface area contributed by atoms with Crippen molar-refractivity contribution < 1.29 is 4.79 Å². The average molecular weight is 285 g/mol. The van der Waals surface area contributed by atoms with E-state index in [0.29, 0.717) is 24.5 Å². The first-order chi connectivity index (χ1) is 10.2. The summed E-state index contributed by atoms with van der Waals surface area (Å²) < 4.78 is 1.95. The Morgan fingerprint density at radius 2 is 1.95 bits per heavy atom. The number of carbonyl (C=O) groups excluding carboxylic acids is 1. The number of nitrogens with zero attached hydrogens (tertiary/aromatic N) is 2. The van der Waals surface area contributed by atoms with Crippen LogP contribution in [0.4, 0.5) is 5.69 Å². The van der Waals surface area contributed by atoms with Crippen LogP contribution >= 0.6 is 0 Å². The lowest BCUT2D eigenvalue weighted by Crippen LogP contribution is -2.31. The van der Waals surface area contributed by atoms with E-state index in [1.165, 1.54) is 0 Å². The van der Waals surface area contributed by atoms with Crippen LogP contribution in [0.15, 0.2) is 42.6 Å². The molecule has 0 saturated carbocycles. The maximum Gasteiger partial charge on any atom is 0.270 e. The fourth-order valence-electron chi connectivity index (χ4n) is 2.43. The van der Waals surface area contributed by atoms with Crippen molar-refractivity contribution in [2.24, 2.45) is 0 Å². The molecule has 0 radical (unpaired) electrons. The molecule has 1 aromatic heterocycles. The fourth-order valence-corrected chi connectivity index (χ4v) is 2.43. The molecule has 0 bridgehead atoms. The zero-order valence-electron chi connectivity index (χ0n) is 12.7. The maximum absolute atomic E-state index is 12.7. The molecule has 21 heavy (non-hydrogen) atoms. The van der Waals surface area contributed by atoms with E-state index in [9.17, 15) is 4.79 Å². The summed E-state index contributed by atoms with van der Waals surface area (Å²) in [5, 5.41) is 0. The van der Waals surface area contributed by atoms with Crippen LogP contribution in [-0.4, -0.2) is 21.9 Å². The average Bonchev–Trinajstić information content (AvgIpc) is 2.86. The number of aromatic nitrogens is 1. The maximum atomic E-state index is 12.7. The number of hydrogen-bond donors (Lipinski definition) is 1. The monoisotopic (exact) mass is 285 g/mol.